The van der Waals surface area contributed by atoms with E-state index in [1.54, 1.807) is 10.7 Å². The molecular weight excluding hydrogens is 274 g/mol. The van der Waals surface area contributed by atoms with E-state index < -0.39 is 0 Å². The first-order valence-corrected chi connectivity index (χ1v) is 7.15. The zero-order valence-corrected chi connectivity index (χ0v) is 12.4. The molecule has 1 amide bonds. The highest BCUT2D eigenvalue weighted by Gasteiger charge is 2.15. The second-order valence-corrected chi connectivity index (χ2v) is 4.93. The number of hydrogen-bond donors (Lipinski definition) is 1. The van der Waals surface area contributed by atoms with Gasteiger partial charge in [-0.3, -0.25) is 9.48 Å². The summed E-state index contributed by atoms with van der Waals surface area (Å²) in [5.74, 6) is -0.0884. The highest BCUT2D eigenvalue weighted by Crippen LogP contribution is 2.22. The molecule has 0 saturated carbocycles. The fraction of sp³-hybridized carbons (Fsp3) is 0.333. The van der Waals surface area contributed by atoms with Crippen molar-refractivity contribution in [1.29, 1.82) is 0 Å². The molecule has 0 aliphatic carbocycles. The third-order valence-electron chi connectivity index (χ3n) is 2.97. The molecule has 0 spiro atoms. The van der Waals surface area contributed by atoms with E-state index in [1.165, 1.54) is 0 Å². The van der Waals surface area contributed by atoms with E-state index in [9.17, 15) is 4.79 Å². The average Bonchev–Trinajstić information content (AvgIpc) is 2.89. The second kappa shape index (κ2) is 6.57. The van der Waals surface area contributed by atoms with Crippen molar-refractivity contribution in [1.82, 2.24) is 15.1 Å². The molecule has 0 atom stereocenters. The van der Waals surface area contributed by atoms with Crippen molar-refractivity contribution in [2.24, 2.45) is 0 Å². The van der Waals surface area contributed by atoms with Crippen molar-refractivity contribution in [3.8, 4) is 11.3 Å². The SMILES string of the molecule is CCCNC(=O)c1cc(-c2cccc(Cl)c2)nn1CC. The van der Waals surface area contributed by atoms with Gasteiger partial charge >= 0.3 is 0 Å². The number of aryl methyl sites for hydroxylation is 1. The van der Waals surface area contributed by atoms with Gasteiger partial charge in [-0.25, -0.2) is 0 Å². The van der Waals surface area contributed by atoms with Crippen molar-refractivity contribution < 1.29 is 4.79 Å². The van der Waals surface area contributed by atoms with Gasteiger partial charge in [-0.1, -0.05) is 30.7 Å². The fourth-order valence-corrected chi connectivity index (χ4v) is 2.15. The first-order chi connectivity index (χ1) is 9.65. The van der Waals surface area contributed by atoms with Gasteiger partial charge < -0.3 is 5.32 Å². The smallest absolute Gasteiger partial charge is 0.269 e. The van der Waals surface area contributed by atoms with Gasteiger partial charge in [0.25, 0.3) is 5.91 Å². The lowest BCUT2D eigenvalue weighted by atomic mass is 10.1. The number of amides is 1. The van der Waals surface area contributed by atoms with Gasteiger partial charge in [0.1, 0.15) is 5.69 Å². The van der Waals surface area contributed by atoms with E-state index in [-0.39, 0.29) is 5.91 Å². The number of halogens is 1. The number of nitrogens with zero attached hydrogens (tertiary/aromatic N) is 2. The van der Waals surface area contributed by atoms with E-state index in [0.717, 1.165) is 17.7 Å². The minimum atomic E-state index is -0.0884. The van der Waals surface area contributed by atoms with Crippen LogP contribution in [-0.2, 0) is 6.54 Å². The lowest BCUT2D eigenvalue weighted by molar-refractivity contribution is 0.0943. The molecule has 0 bridgehead atoms. The predicted octanol–water partition coefficient (Wildman–Crippen LogP) is 3.36. The number of nitrogens with one attached hydrogen (secondary N) is 1. The molecule has 106 valence electrons. The Morgan fingerprint density at radius 3 is 2.80 bits per heavy atom. The molecule has 0 radical (unpaired) electrons. The normalized spacial score (nSPS) is 10.6. The van der Waals surface area contributed by atoms with Crippen molar-refractivity contribution in [2.75, 3.05) is 6.54 Å². The largest absolute Gasteiger partial charge is 0.351 e. The summed E-state index contributed by atoms with van der Waals surface area (Å²) in [5.41, 5.74) is 2.25. The highest BCUT2D eigenvalue weighted by molar-refractivity contribution is 6.30. The summed E-state index contributed by atoms with van der Waals surface area (Å²) < 4.78 is 1.71. The maximum absolute atomic E-state index is 12.1. The minimum absolute atomic E-state index is 0.0884. The van der Waals surface area contributed by atoms with Gasteiger partial charge in [0.05, 0.1) is 5.69 Å². The molecule has 1 N–H and O–H groups in total. The highest BCUT2D eigenvalue weighted by atomic mass is 35.5. The van der Waals surface area contributed by atoms with Gasteiger partial charge in [0.2, 0.25) is 0 Å². The molecule has 0 saturated heterocycles. The fourth-order valence-electron chi connectivity index (χ4n) is 1.96. The number of benzene rings is 1. The van der Waals surface area contributed by atoms with E-state index in [1.807, 2.05) is 38.1 Å². The van der Waals surface area contributed by atoms with Crippen LogP contribution in [0.4, 0.5) is 0 Å². The maximum atomic E-state index is 12.1. The van der Waals surface area contributed by atoms with Crippen LogP contribution < -0.4 is 5.32 Å². The van der Waals surface area contributed by atoms with Crippen LogP contribution in [0.2, 0.25) is 5.02 Å². The van der Waals surface area contributed by atoms with E-state index in [0.29, 0.717) is 23.8 Å². The van der Waals surface area contributed by atoms with Crippen molar-refractivity contribution in [3.05, 3.63) is 41.0 Å². The first-order valence-electron chi connectivity index (χ1n) is 6.77. The van der Waals surface area contributed by atoms with Crippen molar-refractivity contribution >= 4 is 17.5 Å². The van der Waals surface area contributed by atoms with Gasteiger partial charge in [-0.05, 0) is 31.5 Å². The molecule has 5 heteroatoms. The molecule has 0 aliphatic rings. The van der Waals surface area contributed by atoms with Gasteiger partial charge in [-0.15, -0.1) is 0 Å². The third-order valence-corrected chi connectivity index (χ3v) is 3.20. The lowest BCUT2D eigenvalue weighted by Gasteiger charge is -2.04. The molecule has 4 nitrogen and oxygen atoms in total. The predicted molar refractivity (Wildman–Crippen MR) is 81.0 cm³/mol. The Hall–Kier alpha value is -1.81. The van der Waals surface area contributed by atoms with Crippen LogP contribution in [-0.4, -0.2) is 22.2 Å². The van der Waals surface area contributed by atoms with Gasteiger partial charge in [0, 0.05) is 23.7 Å². The number of hydrogen-bond acceptors (Lipinski definition) is 2. The zero-order valence-electron chi connectivity index (χ0n) is 11.7. The third kappa shape index (κ3) is 3.20. The van der Waals surface area contributed by atoms with Crippen LogP contribution in [0.3, 0.4) is 0 Å². The quantitative estimate of drug-likeness (QED) is 0.918. The Kier molecular flexibility index (Phi) is 4.79. The van der Waals surface area contributed by atoms with Crippen molar-refractivity contribution in [3.63, 3.8) is 0 Å². The molecule has 1 aromatic carbocycles. The molecule has 1 aromatic heterocycles. The lowest BCUT2D eigenvalue weighted by Crippen LogP contribution is -2.26. The van der Waals surface area contributed by atoms with Gasteiger partial charge in [-0.2, -0.15) is 5.10 Å². The average molecular weight is 292 g/mol. The zero-order chi connectivity index (χ0) is 14.5. The first kappa shape index (κ1) is 14.6. The molecular formula is C15H18ClN3O. The topological polar surface area (TPSA) is 46.9 Å². The van der Waals surface area contributed by atoms with Gasteiger partial charge in [0.15, 0.2) is 0 Å². The summed E-state index contributed by atoms with van der Waals surface area (Å²) in [6.07, 6.45) is 0.910. The Bertz CT molecular complexity index is 607. The second-order valence-electron chi connectivity index (χ2n) is 4.50. The summed E-state index contributed by atoms with van der Waals surface area (Å²) in [4.78, 5) is 12.1. The molecule has 1 heterocycles. The maximum Gasteiger partial charge on any atom is 0.269 e. The number of carbonyl (C=O) groups is 1. The number of rotatable bonds is 5. The van der Waals surface area contributed by atoms with E-state index in [4.69, 9.17) is 11.6 Å². The summed E-state index contributed by atoms with van der Waals surface area (Å²) in [6, 6.07) is 9.27. The van der Waals surface area contributed by atoms with Crippen LogP contribution >= 0.6 is 11.6 Å². The summed E-state index contributed by atoms with van der Waals surface area (Å²) >= 11 is 5.99. The summed E-state index contributed by atoms with van der Waals surface area (Å²) in [5, 5.41) is 8.00. The molecule has 2 aromatic rings. The van der Waals surface area contributed by atoms with E-state index >= 15 is 0 Å². The Labute approximate surface area is 123 Å². The van der Waals surface area contributed by atoms with Crippen LogP contribution in [0.1, 0.15) is 30.8 Å². The van der Waals surface area contributed by atoms with Crippen LogP contribution in [0, 0.1) is 0 Å². The molecule has 0 fully saturated rings. The molecule has 0 aliphatic heterocycles. The number of aromatic nitrogens is 2. The Morgan fingerprint density at radius 2 is 2.15 bits per heavy atom. The summed E-state index contributed by atoms with van der Waals surface area (Å²) in [6.45, 7) is 5.30. The van der Waals surface area contributed by atoms with E-state index in [2.05, 4.69) is 10.4 Å². The molecule has 0 unspecified atom stereocenters. The summed E-state index contributed by atoms with van der Waals surface area (Å²) in [7, 11) is 0. The van der Waals surface area contributed by atoms with Crippen LogP contribution in [0.5, 0.6) is 0 Å². The van der Waals surface area contributed by atoms with Crippen LogP contribution in [0.25, 0.3) is 11.3 Å². The Morgan fingerprint density at radius 1 is 1.35 bits per heavy atom. The molecule has 2 rings (SSSR count). The monoisotopic (exact) mass is 291 g/mol. The van der Waals surface area contributed by atoms with Crippen LogP contribution in [0.15, 0.2) is 30.3 Å². The number of carbonyl (C=O) groups excluding carboxylic acids is 1. The molecule has 20 heavy (non-hydrogen) atoms. The standard InChI is InChI=1S/C15H18ClN3O/c1-3-8-17-15(20)14-10-13(18-19(14)4-2)11-6-5-7-12(16)9-11/h5-7,9-10H,3-4,8H2,1-2H3,(H,17,20). The Balaban J connectivity index is 2.33. The van der Waals surface area contributed by atoms with Crippen molar-refractivity contribution in [2.45, 2.75) is 26.8 Å². The minimum Gasteiger partial charge on any atom is -0.351 e.